The van der Waals surface area contributed by atoms with Crippen molar-refractivity contribution in [1.29, 1.82) is 0 Å². The molecule has 0 saturated heterocycles. The number of amides is 1. The molecule has 0 unspecified atom stereocenters. The van der Waals surface area contributed by atoms with Crippen LogP contribution in [-0.4, -0.2) is 25.6 Å². The maximum Gasteiger partial charge on any atom is 0.218 e. The summed E-state index contributed by atoms with van der Waals surface area (Å²) in [6, 6.07) is 3.01. The number of carbonyl (C=O) groups excluding carboxylic acids is 1. The highest BCUT2D eigenvalue weighted by Gasteiger charge is 2.09. The van der Waals surface area contributed by atoms with Crippen molar-refractivity contribution in [2.75, 3.05) is 6.26 Å². The van der Waals surface area contributed by atoms with E-state index in [0.717, 1.165) is 6.26 Å². The van der Waals surface area contributed by atoms with Gasteiger partial charge in [-0.3, -0.25) is 4.79 Å². The molecule has 1 amide bonds. The normalized spacial score (nSPS) is 11.3. The van der Waals surface area contributed by atoms with Gasteiger partial charge in [-0.2, -0.15) is 0 Å². The smallest absolute Gasteiger partial charge is 0.218 e. The number of primary amides is 1. The first kappa shape index (κ1) is 11.6. The number of rotatable bonds is 4. The Balaban J connectivity index is 2.89. The predicted molar refractivity (Wildman–Crippen MR) is 54.6 cm³/mol. The molecule has 1 aromatic heterocycles. The van der Waals surface area contributed by atoms with Crippen molar-refractivity contribution in [3.05, 3.63) is 30.3 Å². The van der Waals surface area contributed by atoms with Crippen LogP contribution in [0.4, 0.5) is 0 Å². The molecule has 81 valence electrons. The second-order valence-corrected chi connectivity index (χ2v) is 5.04. The summed E-state index contributed by atoms with van der Waals surface area (Å²) < 4.78 is 22.3. The lowest BCUT2D eigenvalue weighted by Gasteiger charge is -2.01. The molecule has 1 aromatic rings. The van der Waals surface area contributed by atoms with Crippen LogP contribution in [0.1, 0.15) is 12.0 Å². The fraction of sp³-hybridized carbons (Fsp3) is 0.222. The van der Waals surface area contributed by atoms with Gasteiger partial charge in [-0.05, 0) is 17.7 Å². The van der Waals surface area contributed by atoms with Crippen molar-refractivity contribution in [3.8, 4) is 0 Å². The lowest BCUT2D eigenvalue weighted by molar-refractivity contribution is -0.117. The topological polar surface area (TPSA) is 90.1 Å². The average Bonchev–Trinajstić information content (AvgIpc) is 2.14. The molecule has 0 aliphatic rings. The van der Waals surface area contributed by atoms with Crippen molar-refractivity contribution in [2.24, 2.45) is 5.73 Å². The predicted octanol–water partition coefficient (Wildman–Crippen LogP) is -0.0871. The summed E-state index contributed by atoms with van der Waals surface area (Å²) >= 11 is 0. The quantitative estimate of drug-likeness (QED) is 0.778. The highest BCUT2D eigenvalue weighted by atomic mass is 32.2. The van der Waals surface area contributed by atoms with E-state index >= 15 is 0 Å². The Morgan fingerprint density at radius 1 is 1.60 bits per heavy atom. The van der Waals surface area contributed by atoms with Gasteiger partial charge in [0.1, 0.15) is 0 Å². The summed E-state index contributed by atoms with van der Waals surface area (Å²) in [5.74, 6) is -0.465. The van der Waals surface area contributed by atoms with Crippen LogP contribution in [0.2, 0.25) is 0 Å². The summed E-state index contributed by atoms with van der Waals surface area (Å²) in [6.07, 6.45) is 4.09. The number of hydrogen-bond donors (Lipinski definition) is 1. The zero-order valence-corrected chi connectivity index (χ0v) is 8.99. The van der Waals surface area contributed by atoms with E-state index in [1.807, 2.05) is 0 Å². The van der Waals surface area contributed by atoms with Crippen LogP contribution in [0.15, 0.2) is 23.4 Å². The van der Waals surface area contributed by atoms with E-state index in [1.54, 1.807) is 12.5 Å². The molecule has 0 atom stereocenters. The molecular weight excluding hydrogens is 216 g/mol. The standard InChI is InChI=1S/C9H11N2O3S/c1-15(13,14)9-6-7(4-5-11-9)2-3-8(10)12/h2,4-6H,3H2,1H3,(H2,10,12). The van der Waals surface area contributed by atoms with Gasteiger partial charge in [-0.25, -0.2) is 13.4 Å². The summed E-state index contributed by atoms with van der Waals surface area (Å²) in [4.78, 5) is 14.2. The number of nitrogens with two attached hydrogens (primary N) is 1. The number of carbonyl (C=O) groups is 1. The monoisotopic (exact) mass is 227 g/mol. The zero-order valence-electron chi connectivity index (χ0n) is 8.17. The molecule has 15 heavy (non-hydrogen) atoms. The van der Waals surface area contributed by atoms with Gasteiger partial charge in [-0.1, -0.05) is 0 Å². The Kier molecular flexibility index (Phi) is 3.41. The van der Waals surface area contributed by atoms with Gasteiger partial charge in [0.2, 0.25) is 5.91 Å². The Labute approximate surface area is 88.2 Å². The molecule has 6 heteroatoms. The average molecular weight is 227 g/mol. The maximum absolute atomic E-state index is 11.2. The van der Waals surface area contributed by atoms with Crippen LogP contribution in [0.3, 0.4) is 0 Å². The first-order valence-corrected chi connectivity index (χ1v) is 6.06. The molecule has 5 nitrogen and oxygen atoms in total. The van der Waals surface area contributed by atoms with Crippen molar-refractivity contribution < 1.29 is 13.2 Å². The number of sulfone groups is 1. The van der Waals surface area contributed by atoms with Crippen LogP contribution in [0, 0.1) is 6.42 Å². The van der Waals surface area contributed by atoms with Gasteiger partial charge in [0.05, 0.1) is 0 Å². The molecule has 1 radical (unpaired) electrons. The number of hydrogen-bond acceptors (Lipinski definition) is 4. The van der Waals surface area contributed by atoms with E-state index in [9.17, 15) is 13.2 Å². The third-order valence-electron chi connectivity index (χ3n) is 1.68. The van der Waals surface area contributed by atoms with E-state index in [0.29, 0.717) is 5.56 Å². The largest absolute Gasteiger partial charge is 0.370 e. The first-order valence-electron chi connectivity index (χ1n) is 4.17. The van der Waals surface area contributed by atoms with Crippen LogP contribution in [0.5, 0.6) is 0 Å². The van der Waals surface area contributed by atoms with Gasteiger partial charge in [0.25, 0.3) is 0 Å². The van der Waals surface area contributed by atoms with E-state index in [1.165, 1.54) is 12.3 Å². The third-order valence-corrected chi connectivity index (χ3v) is 2.66. The first-order chi connectivity index (χ1) is 6.89. The van der Waals surface area contributed by atoms with Gasteiger partial charge in [-0.15, -0.1) is 0 Å². The lowest BCUT2D eigenvalue weighted by atomic mass is 10.1. The maximum atomic E-state index is 11.2. The highest BCUT2D eigenvalue weighted by Crippen LogP contribution is 2.10. The van der Waals surface area contributed by atoms with Gasteiger partial charge in [0.15, 0.2) is 14.9 Å². The van der Waals surface area contributed by atoms with Crippen molar-refractivity contribution >= 4 is 15.7 Å². The Bertz CT molecular complexity index is 468. The van der Waals surface area contributed by atoms with Crippen LogP contribution < -0.4 is 5.73 Å². The zero-order chi connectivity index (χ0) is 11.5. The Morgan fingerprint density at radius 2 is 2.27 bits per heavy atom. The fourth-order valence-corrected chi connectivity index (χ4v) is 1.58. The van der Waals surface area contributed by atoms with Gasteiger partial charge in [0, 0.05) is 25.3 Å². The number of pyridine rings is 1. The highest BCUT2D eigenvalue weighted by molar-refractivity contribution is 7.90. The summed E-state index contributed by atoms with van der Waals surface area (Å²) in [7, 11) is -3.31. The molecule has 0 aliphatic heterocycles. The van der Waals surface area contributed by atoms with Crippen molar-refractivity contribution in [3.63, 3.8) is 0 Å². The molecule has 2 N–H and O–H groups in total. The molecule has 1 heterocycles. The summed E-state index contributed by atoms with van der Waals surface area (Å²) in [5, 5.41) is -0.0132. The summed E-state index contributed by atoms with van der Waals surface area (Å²) in [6.45, 7) is 0. The second kappa shape index (κ2) is 4.39. The van der Waals surface area contributed by atoms with E-state index in [2.05, 4.69) is 4.98 Å². The SMILES string of the molecule is CS(=O)(=O)c1cc([CH]CC(N)=O)ccn1. The van der Waals surface area contributed by atoms with E-state index in [4.69, 9.17) is 5.73 Å². The molecule has 1 rings (SSSR count). The molecule has 0 aromatic carbocycles. The van der Waals surface area contributed by atoms with Crippen molar-refractivity contribution in [1.82, 2.24) is 4.98 Å². The fourth-order valence-electron chi connectivity index (χ4n) is 0.973. The van der Waals surface area contributed by atoms with Gasteiger partial charge >= 0.3 is 0 Å². The second-order valence-electron chi connectivity index (χ2n) is 3.07. The van der Waals surface area contributed by atoms with E-state index in [-0.39, 0.29) is 11.4 Å². The van der Waals surface area contributed by atoms with E-state index < -0.39 is 15.7 Å². The molecule has 0 aliphatic carbocycles. The number of nitrogens with zero attached hydrogens (tertiary/aromatic N) is 1. The molecule has 0 bridgehead atoms. The van der Waals surface area contributed by atoms with Crippen LogP contribution in [0.25, 0.3) is 0 Å². The third kappa shape index (κ3) is 3.67. The van der Waals surface area contributed by atoms with Gasteiger partial charge < -0.3 is 5.73 Å². The lowest BCUT2D eigenvalue weighted by Crippen LogP contribution is -2.10. The molecule has 0 spiro atoms. The molecule has 0 saturated carbocycles. The van der Waals surface area contributed by atoms with Crippen LogP contribution in [-0.2, 0) is 14.6 Å². The molecular formula is C9H11N2O3S. The minimum absolute atomic E-state index is 0.0132. The minimum Gasteiger partial charge on any atom is -0.370 e. The van der Waals surface area contributed by atoms with Crippen molar-refractivity contribution in [2.45, 2.75) is 11.4 Å². The Morgan fingerprint density at radius 3 is 2.80 bits per heavy atom. The Hall–Kier alpha value is -1.43. The number of aromatic nitrogens is 1. The minimum atomic E-state index is -3.31. The summed E-state index contributed by atoms with van der Waals surface area (Å²) in [5.41, 5.74) is 5.58. The van der Waals surface area contributed by atoms with Crippen LogP contribution >= 0.6 is 0 Å². The molecule has 0 fully saturated rings.